The summed E-state index contributed by atoms with van der Waals surface area (Å²) in [6, 6.07) is 14.0. The van der Waals surface area contributed by atoms with E-state index in [1.807, 2.05) is 36.4 Å². The predicted molar refractivity (Wildman–Crippen MR) is 78.0 cm³/mol. The standard InChI is InChI=1S/C17H15NO2/c1-17(2)10-19-14-9-15-13(8-12(14)17)18-16(20-15)11-6-4-3-5-7-11/h3-9H,10H2,1-2H3. The maximum Gasteiger partial charge on any atom is 0.227 e. The first kappa shape index (κ1) is 11.5. The van der Waals surface area contributed by atoms with Crippen LogP contribution in [0.5, 0.6) is 5.75 Å². The van der Waals surface area contributed by atoms with E-state index < -0.39 is 0 Å². The Morgan fingerprint density at radius 3 is 2.70 bits per heavy atom. The lowest BCUT2D eigenvalue weighted by Crippen LogP contribution is -2.18. The molecule has 20 heavy (non-hydrogen) atoms. The molecule has 0 fully saturated rings. The first-order chi connectivity index (χ1) is 9.63. The molecule has 0 bridgehead atoms. The summed E-state index contributed by atoms with van der Waals surface area (Å²) in [7, 11) is 0. The van der Waals surface area contributed by atoms with Crippen molar-refractivity contribution in [3.05, 3.63) is 48.0 Å². The normalized spacial score (nSPS) is 16.1. The number of oxazole rings is 1. The molecule has 2 aromatic carbocycles. The van der Waals surface area contributed by atoms with Gasteiger partial charge in [-0.05, 0) is 18.2 Å². The van der Waals surface area contributed by atoms with Crippen LogP contribution in [-0.2, 0) is 5.41 Å². The number of hydrogen-bond donors (Lipinski definition) is 0. The highest BCUT2D eigenvalue weighted by Gasteiger charge is 2.32. The average Bonchev–Trinajstić information content (AvgIpc) is 2.99. The van der Waals surface area contributed by atoms with Crippen LogP contribution in [0.4, 0.5) is 0 Å². The van der Waals surface area contributed by atoms with Gasteiger partial charge in [-0.25, -0.2) is 4.98 Å². The Labute approximate surface area is 117 Å². The predicted octanol–water partition coefficient (Wildman–Crippen LogP) is 4.16. The second kappa shape index (κ2) is 3.85. The molecule has 1 aliphatic rings. The van der Waals surface area contributed by atoms with E-state index >= 15 is 0 Å². The Bertz CT molecular complexity index is 787. The third kappa shape index (κ3) is 1.63. The van der Waals surface area contributed by atoms with Gasteiger partial charge >= 0.3 is 0 Å². The molecule has 0 spiro atoms. The number of rotatable bonds is 1. The van der Waals surface area contributed by atoms with E-state index in [1.165, 1.54) is 5.56 Å². The zero-order valence-corrected chi connectivity index (χ0v) is 11.5. The van der Waals surface area contributed by atoms with Gasteiger partial charge in [0.25, 0.3) is 0 Å². The van der Waals surface area contributed by atoms with Crippen molar-refractivity contribution in [1.29, 1.82) is 0 Å². The summed E-state index contributed by atoms with van der Waals surface area (Å²) in [5.74, 6) is 1.57. The third-order valence-corrected chi connectivity index (χ3v) is 3.83. The van der Waals surface area contributed by atoms with E-state index in [0.29, 0.717) is 12.5 Å². The highest BCUT2D eigenvalue weighted by molar-refractivity contribution is 5.80. The molecule has 0 aliphatic carbocycles. The number of benzene rings is 2. The van der Waals surface area contributed by atoms with Crippen LogP contribution in [0.25, 0.3) is 22.6 Å². The molecule has 3 aromatic rings. The van der Waals surface area contributed by atoms with Crippen molar-refractivity contribution in [2.24, 2.45) is 0 Å². The van der Waals surface area contributed by atoms with Gasteiger partial charge in [-0.2, -0.15) is 0 Å². The minimum atomic E-state index is 0.0371. The van der Waals surface area contributed by atoms with E-state index in [0.717, 1.165) is 22.4 Å². The lowest BCUT2D eigenvalue weighted by molar-refractivity contribution is 0.291. The molecule has 4 rings (SSSR count). The van der Waals surface area contributed by atoms with E-state index in [2.05, 4.69) is 24.9 Å². The number of ether oxygens (including phenoxy) is 1. The van der Waals surface area contributed by atoms with Crippen molar-refractivity contribution >= 4 is 11.1 Å². The van der Waals surface area contributed by atoms with Crippen LogP contribution < -0.4 is 4.74 Å². The molecular formula is C17H15NO2. The molecule has 2 heterocycles. The highest BCUT2D eigenvalue weighted by Crippen LogP contribution is 2.41. The van der Waals surface area contributed by atoms with Crippen molar-refractivity contribution in [1.82, 2.24) is 4.98 Å². The maximum absolute atomic E-state index is 5.86. The molecule has 0 radical (unpaired) electrons. The Balaban J connectivity index is 1.90. The van der Waals surface area contributed by atoms with Crippen LogP contribution in [0.2, 0.25) is 0 Å². The minimum absolute atomic E-state index is 0.0371. The molecule has 1 aromatic heterocycles. The summed E-state index contributed by atoms with van der Waals surface area (Å²) in [6.07, 6.45) is 0. The van der Waals surface area contributed by atoms with E-state index in [9.17, 15) is 0 Å². The van der Waals surface area contributed by atoms with Gasteiger partial charge < -0.3 is 9.15 Å². The molecule has 1 aliphatic heterocycles. The smallest absolute Gasteiger partial charge is 0.227 e. The van der Waals surface area contributed by atoms with Gasteiger partial charge in [-0.3, -0.25) is 0 Å². The number of hydrogen-bond acceptors (Lipinski definition) is 3. The van der Waals surface area contributed by atoms with Crippen LogP contribution in [0, 0.1) is 0 Å². The van der Waals surface area contributed by atoms with Gasteiger partial charge in [-0.1, -0.05) is 32.0 Å². The van der Waals surface area contributed by atoms with Crippen molar-refractivity contribution in [3.63, 3.8) is 0 Å². The average molecular weight is 265 g/mol. The molecule has 0 unspecified atom stereocenters. The summed E-state index contributed by atoms with van der Waals surface area (Å²) in [5, 5.41) is 0. The molecule has 0 atom stereocenters. The van der Waals surface area contributed by atoms with Crippen molar-refractivity contribution in [2.75, 3.05) is 6.61 Å². The molecule has 3 nitrogen and oxygen atoms in total. The fraction of sp³-hybridized carbons (Fsp3) is 0.235. The number of fused-ring (bicyclic) bond motifs is 2. The van der Waals surface area contributed by atoms with Crippen molar-refractivity contribution < 1.29 is 9.15 Å². The van der Waals surface area contributed by atoms with Gasteiger partial charge in [0.15, 0.2) is 5.58 Å². The second-order valence-corrected chi connectivity index (χ2v) is 5.87. The van der Waals surface area contributed by atoms with E-state index in [1.54, 1.807) is 0 Å². The summed E-state index contributed by atoms with van der Waals surface area (Å²) >= 11 is 0. The van der Waals surface area contributed by atoms with Crippen LogP contribution in [0.3, 0.4) is 0 Å². The third-order valence-electron chi connectivity index (χ3n) is 3.83. The molecule has 100 valence electrons. The second-order valence-electron chi connectivity index (χ2n) is 5.87. The molecule has 0 saturated heterocycles. The zero-order chi connectivity index (χ0) is 13.7. The molecular weight excluding hydrogens is 250 g/mol. The lowest BCUT2D eigenvalue weighted by Gasteiger charge is -2.14. The Morgan fingerprint density at radius 2 is 1.90 bits per heavy atom. The van der Waals surface area contributed by atoms with Gasteiger partial charge in [0.1, 0.15) is 11.3 Å². The van der Waals surface area contributed by atoms with Gasteiger partial charge in [-0.15, -0.1) is 0 Å². The lowest BCUT2D eigenvalue weighted by atomic mass is 9.87. The van der Waals surface area contributed by atoms with Crippen molar-refractivity contribution in [3.8, 4) is 17.2 Å². The fourth-order valence-electron chi connectivity index (χ4n) is 2.64. The quantitative estimate of drug-likeness (QED) is 0.662. The van der Waals surface area contributed by atoms with E-state index in [4.69, 9.17) is 9.15 Å². The maximum atomic E-state index is 5.86. The van der Waals surface area contributed by atoms with Gasteiger partial charge in [0, 0.05) is 22.6 Å². The first-order valence-corrected chi connectivity index (χ1v) is 6.77. The highest BCUT2D eigenvalue weighted by atomic mass is 16.5. The van der Waals surface area contributed by atoms with Crippen LogP contribution >= 0.6 is 0 Å². The van der Waals surface area contributed by atoms with Crippen LogP contribution in [0.1, 0.15) is 19.4 Å². The minimum Gasteiger partial charge on any atom is -0.492 e. The topological polar surface area (TPSA) is 35.3 Å². The molecule has 0 saturated carbocycles. The van der Waals surface area contributed by atoms with Gasteiger partial charge in [0.05, 0.1) is 6.61 Å². The monoisotopic (exact) mass is 265 g/mol. The molecule has 0 N–H and O–H groups in total. The van der Waals surface area contributed by atoms with Crippen LogP contribution in [0.15, 0.2) is 46.9 Å². The van der Waals surface area contributed by atoms with Crippen molar-refractivity contribution in [2.45, 2.75) is 19.3 Å². The Morgan fingerprint density at radius 1 is 1.10 bits per heavy atom. The fourth-order valence-corrected chi connectivity index (χ4v) is 2.64. The van der Waals surface area contributed by atoms with E-state index in [-0.39, 0.29) is 5.41 Å². The number of aromatic nitrogens is 1. The Kier molecular flexibility index (Phi) is 2.22. The summed E-state index contributed by atoms with van der Waals surface area (Å²) in [6.45, 7) is 5.08. The molecule has 3 heteroatoms. The SMILES string of the molecule is CC1(C)COc2cc3oc(-c4ccccc4)nc3cc21. The summed E-state index contributed by atoms with van der Waals surface area (Å²) in [4.78, 5) is 4.60. The Hall–Kier alpha value is -2.29. The number of nitrogens with zero attached hydrogens (tertiary/aromatic N) is 1. The summed E-state index contributed by atoms with van der Waals surface area (Å²) < 4.78 is 11.6. The van der Waals surface area contributed by atoms with Crippen LogP contribution in [-0.4, -0.2) is 11.6 Å². The largest absolute Gasteiger partial charge is 0.492 e. The molecule has 0 amide bonds. The first-order valence-electron chi connectivity index (χ1n) is 6.77. The zero-order valence-electron chi connectivity index (χ0n) is 11.5. The summed E-state index contributed by atoms with van der Waals surface area (Å²) in [5.41, 5.74) is 3.90. The van der Waals surface area contributed by atoms with Gasteiger partial charge in [0.2, 0.25) is 5.89 Å².